The van der Waals surface area contributed by atoms with Crippen LogP contribution >= 0.6 is 0 Å². The van der Waals surface area contributed by atoms with Crippen molar-refractivity contribution in [3.05, 3.63) is 12.2 Å². The molecule has 1 fully saturated rings. The highest BCUT2D eigenvalue weighted by molar-refractivity contribution is 5.76. The Labute approximate surface area is 101 Å². The monoisotopic (exact) mass is 240 g/mol. The molecule has 5 heteroatoms. The van der Waals surface area contributed by atoms with Gasteiger partial charge in [0.25, 0.3) is 0 Å². The molecule has 1 heterocycles. The van der Waals surface area contributed by atoms with Crippen LogP contribution in [0.25, 0.3) is 0 Å². The van der Waals surface area contributed by atoms with Gasteiger partial charge in [-0.2, -0.15) is 0 Å². The summed E-state index contributed by atoms with van der Waals surface area (Å²) in [5.41, 5.74) is 0. The van der Waals surface area contributed by atoms with E-state index in [0.29, 0.717) is 26.1 Å². The third kappa shape index (κ3) is 4.46. The summed E-state index contributed by atoms with van der Waals surface area (Å²) in [4.78, 5) is 24.2. The minimum atomic E-state index is -0.812. The second-order valence-electron chi connectivity index (χ2n) is 4.19. The Morgan fingerprint density at radius 1 is 1.47 bits per heavy atom. The first-order valence-corrected chi connectivity index (χ1v) is 6.05. The van der Waals surface area contributed by atoms with Gasteiger partial charge in [0, 0.05) is 19.6 Å². The molecule has 0 aromatic carbocycles. The third-order valence-corrected chi connectivity index (χ3v) is 2.83. The number of hydrogen-bond donors (Lipinski definition) is 2. The molecule has 96 valence electrons. The molecule has 1 saturated heterocycles. The van der Waals surface area contributed by atoms with E-state index >= 15 is 0 Å². The smallest absolute Gasteiger partial charge is 0.317 e. The predicted molar refractivity (Wildman–Crippen MR) is 64.8 cm³/mol. The number of carboxylic acid groups (broad SMARTS) is 1. The number of carbonyl (C=O) groups excluding carboxylic acids is 1. The van der Waals surface area contributed by atoms with Crippen LogP contribution in [-0.4, -0.2) is 41.6 Å². The molecule has 0 radical (unpaired) electrons. The van der Waals surface area contributed by atoms with Gasteiger partial charge < -0.3 is 15.3 Å². The highest BCUT2D eigenvalue weighted by atomic mass is 16.4. The molecule has 0 bridgehead atoms. The number of carboxylic acids is 1. The number of rotatable bonds is 4. The summed E-state index contributed by atoms with van der Waals surface area (Å²) < 4.78 is 0. The van der Waals surface area contributed by atoms with Crippen molar-refractivity contribution in [1.82, 2.24) is 10.2 Å². The van der Waals surface area contributed by atoms with Crippen molar-refractivity contribution < 1.29 is 14.7 Å². The Bertz CT molecular complexity index is 302. The van der Waals surface area contributed by atoms with E-state index in [2.05, 4.69) is 5.32 Å². The minimum absolute atomic E-state index is 0.170. The van der Waals surface area contributed by atoms with E-state index in [9.17, 15) is 9.59 Å². The maximum Gasteiger partial charge on any atom is 0.317 e. The maximum absolute atomic E-state index is 11.7. The van der Waals surface area contributed by atoms with Crippen molar-refractivity contribution in [3.63, 3.8) is 0 Å². The Balaban J connectivity index is 2.35. The molecule has 1 aliphatic heterocycles. The number of hydrogen-bond acceptors (Lipinski definition) is 2. The van der Waals surface area contributed by atoms with Crippen LogP contribution in [0.5, 0.6) is 0 Å². The first-order chi connectivity index (χ1) is 8.15. The molecule has 0 aromatic rings. The van der Waals surface area contributed by atoms with Gasteiger partial charge in [0.05, 0.1) is 5.92 Å². The van der Waals surface area contributed by atoms with E-state index in [4.69, 9.17) is 5.11 Å². The predicted octanol–water partition coefficient (Wildman–Crippen LogP) is 1.46. The highest BCUT2D eigenvalue weighted by Gasteiger charge is 2.27. The zero-order chi connectivity index (χ0) is 12.7. The summed E-state index contributed by atoms with van der Waals surface area (Å²) in [5, 5.41) is 11.7. The lowest BCUT2D eigenvalue weighted by Crippen LogP contribution is -2.47. The second kappa shape index (κ2) is 6.93. The molecule has 0 saturated carbocycles. The molecule has 0 spiro atoms. The molecule has 1 atom stereocenters. The number of piperidine rings is 1. The summed E-state index contributed by atoms with van der Waals surface area (Å²) >= 11 is 0. The number of urea groups is 1. The summed E-state index contributed by atoms with van der Waals surface area (Å²) in [6.45, 7) is 3.49. The molecular formula is C12H20N2O3. The van der Waals surface area contributed by atoms with Crippen LogP contribution in [0.15, 0.2) is 12.2 Å². The van der Waals surface area contributed by atoms with Gasteiger partial charge in [0.15, 0.2) is 0 Å². The fourth-order valence-electron chi connectivity index (χ4n) is 1.87. The third-order valence-electron chi connectivity index (χ3n) is 2.83. The Morgan fingerprint density at radius 2 is 2.24 bits per heavy atom. The standard InChI is InChI=1S/C12H20N2O3/c1-2-3-4-7-13-12(17)14-8-5-6-10(9-14)11(15)16/h3-4,10H,2,5-9H2,1H3,(H,13,17)(H,15,16)/b4-3+. The molecule has 0 aromatic heterocycles. The van der Waals surface area contributed by atoms with Gasteiger partial charge in [0.2, 0.25) is 0 Å². The molecule has 1 aliphatic rings. The Morgan fingerprint density at radius 3 is 2.88 bits per heavy atom. The van der Waals surface area contributed by atoms with Crippen LogP contribution in [0.4, 0.5) is 4.79 Å². The van der Waals surface area contributed by atoms with Crippen molar-refractivity contribution in [2.45, 2.75) is 26.2 Å². The molecule has 2 amide bonds. The number of nitrogens with zero attached hydrogens (tertiary/aromatic N) is 1. The zero-order valence-corrected chi connectivity index (χ0v) is 10.2. The van der Waals surface area contributed by atoms with Crippen molar-refractivity contribution in [2.75, 3.05) is 19.6 Å². The summed E-state index contributed by atoms with van der Waals surface area (Å²) in [7, 11) is 0. The molecule has 1 unspecified atom stereocenters. The first-order valence-electron chi connectivity index (χ1n) is 6.05. The van der Waals surface area contributed by atoms with E-state index in [1.165, 1.54) is 0 Å². The van der Waals surface area contributed by atoms with Crippen LogP contribution in [0, 0.1) is 5.92 Å². The van der Waals surface area contributed by atoms with Crippen LogP contribution in [0.2, 0.25) is 0 Å². The summed E-state index contributed by atoms with van der Waals surface area (Å²) in [6, 6.07) is -0.170. The molecule has 0 aliphatic carbocycles. The van der Waals surface area contributed by atoms with E-state index < -0.39 is 11.9 Å². The van der Waals surface area contributed by atoms with Crippen LogP contribution < -0.4 is 5.32 Å². The molecule has 17 heavy (non-hydrogen) atoms. The van der Waals surface area contributed by atoms with Crippen molar-refractivity contribution >= 4 is 12.0 Å². The van der Waals surface area contributed by atoms with Crippen molar-refractivity contribution in [3.8, 4) is 0 Å². The van der Waals surface area contributed by atoms with E-state index in [1.807, 2.05) is 19.1 Å². The Kier molecular flexibility index (Phi) is 5.52. The lowest BCUT2D eigenvalue weighted by molar-refractivity contribution is -0.143. The number of allylic oxidation sites excluding steroid dienone is 1. The van der Waals surface area contributed by atoms with Gasteiger partial charge >= 0.3 is 12.0 Å². The quantitative estimate of drug-likeness (QED) is 0.731. The van der Waals surface area contributed by atoms with Crippen LogP contribution in [0.1, 0.15) is 26.2 Å². The minimum Gasteiger partial charge on any atom is -0.481 e. The number of likely N-dealkylation sites (tertiary alicyclic amines) is 1. The van der Waals surface area contributed by atoms with Crippen LogP contribution in [-0.2, 0) is 4.79 Å². The summed E-state index contributed by atoms with van der Waals surface area (Å²) in [6.07, 6.45) is 6.25. The van der Waals surface area contributed by atoms with Gasteiger partial charge in [-0.3, -0.25) is 4.79 Å². The average Bonchev–Trinajstić information content (AvgIpc) is 2.34. The maximum atomic E-state index is 11.7. The van der Waals surface area contributed by atoms with E-state index in [1.54, 1.807) is 4.90 Å². The lowest BCUT2D eigenvalue weighted by Gasteiger charge is -2.30. The normalized spacial score (nSPS) is 20.5. The molecule has 1 rings (SSSR count). The van der Waals surface area contributed by atoms with Gasteiger partial charge in [-0.25, -0.2) is 4.79 Å². The number of aliphatic carboxylic acids is 1. The van der Waals surface area contributed by atoms with Crippen molar-refractivity contribution in [1.29, 1.82) is 0 Å². The molecule has 2 N–H and O–H groups in total. The number of nitrogens with one attached hydrogen (secondary N) is 1. The Hall–Kier alpha value is -1.52. The SMILES string of the molecule is CC/C=C/CNC(=O)N1CCCC(C(=O)O)C1. The van der Waals surface area contributed by atoms with Gasteiger partial charge in [-0.1, -0.05) is 19.1 Å². The van der Waals surface area contributed by atoms with Gasteiger partial charge in [-0.15, -0.1) is 0 Å². The van der Waals surface area contributed by atoms with Gasteiger partial charge in [0.1, 0.15) is 0 Å². The average molecular weight is 240 g/mol. The fourth-order valence-corrected chi connectivity index (χ4v) is 1.87. The molecular weight excluding hydrogens is 220 g/mol. The van der Waals surface area contributed by atoms with E-state index in [-0.39, 0.29) is 6.03 Å². The van der Waals surface area contributed by atoms with E-state index in [0.717, 1.165) is 12.8 Å². The summed E-state index contributed by atoms with van der Waals surface area (Å²) in [5.74, 6) is -1.23. The highest BCUT2D eigenvalue weighted by Crippen LogP contribution is 2.16. The number of amides is 2. The van der Waals surface area contributed by atoms with Crippen molar-refractivity contribution in [2.24, 2.45) is 5.92 Å². The zero-order valence-electron chi connectivity index (χ0n) is 10.2. The lowest BCUT2D eigenvalue weighted by atomic mass is 9.99. The largest absolute Gasteiger partial charge is 0.481 e. The van der Waals surface area contributed by atoms with Gasteiger partial charge in [-0.05, 0) is 19.3 Å². The topological polar surface area (TPSA) is 69.6 Å². The van der Waals surface area contributed by atoms with Crippen LogP contribution in [0.3, 0.4) is 0 Å². The molecule has 5 nitrogen and oxygen atoms in total. The number of carbonyl (C=O) groups is 2. The first kappa shape index (κ1) is 13.5. The fraction of sp³-hybridized carbons (Fsp3) is 0.667. The second-order valence-corrected chi connectivity index (χ2v) is 4.19.